The van der Waals surface area contributed by atoms with Crippen LogP contribution in [0.15, 0.2) is 5.31 Å². The van der Waals surface area contributed by atoms with Gasteiger partial charge in [-0.3, -0.25) is 0 Å². The molecule has 1 aliphatic carbocycles. The van der Waals surface area contributed by atoms with Crippen LogP contribution in [0.1, 0.15) is 41.5 Å². The van der Waals surface area contributed by atoms with Gasteiger partial charge in [0.2, 0.25) is 0 Å². The van der Waals surface area contributed by atoms with Crippen LogP contribution in [0.2, 0.25) is 0 Å². The summed E-state index contributed by atoms with van der Waals surface area (Å²) in [5.41, 5.74) is 0. The number of halogens is 6. The van der Waals surface area contributed by atoms with E-state index in [1.165, 1.54) is 5.31 Å². The maximum absolute atomic E-state index is 10.7. The van der Waals surface area contributed by atoms with E-state index in [1.807, 2.05) is 6.92 Å². The van der Waals surface area contributed by atoms with Crippen LogP contribution in [0.25, 0.3) is 0 Å². The summed E-state index contributed by atoms with van der Waals surface area (Å²) < 4.78 is 74.2. The van der Waals surface area contributed by atoms with Crippen LogP contribution in [-0.4, -0.2) is 20.0 Å². The van der Waals surface area contributed by atoms with Crippen molar-refractivity contribution in [3.63, 3.8) is 0 Å². The molecule has 0 N–H and O–H groups in total. The third-order valence-corrected chi connectivity index (χ3v) is 7.09. The summed E-state index contributed by atoms with van der Waals surface area (Å²) in [5, 5.41) is 1.19. The van der Waals surface area contributed by atoms with Gasteiger partial charge in [0.25, 0.3) is 0 Å². The van der Waals surface area contributed by atoms with Crippen molar-refractivity contribution in [2.24, 2.45) is 29.6 Å². The van der Waals surface area contributed by atoms with E-state index >= 15 is 0 Å². The van der Waals surface area contributed by atoms with Crippen molar-refractivity contribution >= 4 is 15.1 Å². The fourth-order valence-corrected chi connectivity index (χ4v) is 3.40. The summed E-state index contributed by atoms with van der Waals surface area (Å²) in [6.07, 6.45) is 3.06. The van der Waals surface area contributed by atoms with Gasteiger partial charge in [-0.05, 0) is 36.9 Å². The zero-order valence-electron chi connectivity index (χ0n) is 19.0. The Morgan fingerprint density at radius 1 is 0.733 bits per heavy atom. The van der Waals surface area contributed by atoms with Crippen LogP contribution < -0.4 is 0 Å². The van der Waals surface area contributed by atoms with Crippen LogP contribution in [-0.2, 0) is 29.7 Å². The summed E-state index contributed by atoms with van der Waals surface area (Å²) in [6, 6.07) is 0. The van der Waals surface area contributed by atoms with E-state index in [0.717, 1.165) is 29.6 Å². The number of hydrogen-bond donors (Lipinski definition) is 0. The van der Waals surface area contributed by atoms with Gasteiger partial charge in [0.05, 0.1) is 0 Å². The molecule has 183 valence electrons. The average Bonchev–Trinajstić information content (AvgIpc) is 2.72. The summed E-state index contributed by atoms with van der Waals surface area (Å²) in [7, 11) is -11.5. The van der Waals surface area contributed by atoms with E-state index in [9.17, 15) is 25.2 Å². The van der Waals surface area contributed by atoms with Crippen LogP contribution in [0, 0.1) is 55.9 Å². The van der Waals surface area contributed by atoms with Gasteiger partial charge in [-0.1, -0.05) is 34.6 Å². The third-order valence-electron chi connectivity index (χ3n) is 5.25. The molecule has 0 spiro atoms. The van der Waals surface area contributed by atoms with Crippen molar-refractivity contribution in [1.82, 2.24) is 0 Å². The van der Waals surface area contributed by atoms with Crippen LogP contribution in [0.5, 0.6) is 0 Å². The predicted octanol–water partition coefficient (Wildman–Crippen LogP) is 8.92. The van der Waals surface area contributed by atoms with Crippen LogP contribution >= 0.6 is 15.1 Å². The van der Waals surface area contributed by atoms with E-state index in [1.54, 1.807) is 0 Å². The third kappa shape index (κ3) is 26.2. The minimum atomic E-state index is -10.7. The normalized spacial score (nSPS) is 27.8. The number of hydrogen-bond acceptors (Lipinski definition) is 0. The topological polar surface area (TPSA) is 39.8 Å². The molecule has 0 amide bonds. The van der Waals surface area contributed by atoms with Gasteiger partial charge < -0.3 is 13.0 Å². The fourth-order valence-electron chi connectivity index (χ4n) is 2.73. The molecule has 0 aromatic carbocycles. The van der Waals surface area contributed by atoms with Crippen LogP contribution in [0.4, 0.5) is 25.2 Å². The molecule has 0 aromatic heterocycles. The standard InChI is InChI=1S/C10H20.C7H14P.2CO.F6P.Re/c1-6-7(2)9(4)10(5)8(6)3;1-6-7(2)8(3,4)5;2*1-2;1-7(2,3,4,5)6;/h6-10H,1-5H3;2H2,1,3-5H3;;;;/q;-1;;;-1;. The Balaban J connectivity index is -0.0000000959. The maximum atomic E-state index is 9.87. The first kappa shape index (κ1) is 40.5. The van der Waals surface area contributed by atoms with E-state index in [0.29, 0.717) is 0 Å². The van der Waals surface area contributed by atoms with Crippen LogP contribution in [0.3, 0.4) is 0 Å². The fraction of sp³-hybridized carbons (Fsp3) is 0.737. The molecule has 0 bridgehead atoms. The Bertz CT molecular complexity index is 477. The summed E-state index contributed by atoms with van der Waals surface area (Å²) >= 11 is 0. The van der Waals surface area contributed by atoms with E-state index in [-0.39, 0.29) is 20.4 Å². The first-order valence-electron chi connectivity index (χ1n) is 8.64. The van der Waals surface area contributed by atoms with Crippen molar-refractivity contribution in [3.8, 4) is 0 Å². The molecule has 30 heavy (non-hydrogen) atoms. The van der Waals surface area contributed by atoms with E-state index in [2.05, 4.69) is 80.9 Å². The van der Waals surface area contributed by atoms with Gasteiger partial charge >= 0.3 is 55.6 Å². The molecule has 2 nitrogen and oxygen atoms in total. The van der Waals surface area contributed by atoms with Gasteiger partial charge in [0, 0.05) is 40.4 Å². The smallest absolute Gasteiger partial charge is 0.0477 e. The Hall–Kier alpha value is 0.192. The zero-order chi connectivity index (χ0) is 25.1. The first-order valence-corrected chi connectivity index (χ1v) is 13.8. The Kier molecular flexibility index (Phi) is 19.4. The summed E-state index contributed by atoms with van der Waals surface area (Å²) in [5.74, 6) is 4.68. The molecular formula is C19H34F6O2P2Re-2. The second-order valence-electron chi connectivity index (χ2n) is 7.96. The Morgan fingerprint density at radius 3 is 0.900 bits per heavy atom. The summed E-state index contributed by atoms with van der Waals surface area (Å²) in [6.45, 7) is 33.5. The minimum Gasteiger partial charge on any atom is -0.491 e. The number of allylic oxidation sites excluding steroid dienone is 2. The maximum Gasteiger partial charge on any atom is 0.0477 e. The number of rotatable bonds is 1. The Labute approximate surface area is 192 Å². The molecule has 1 saturated carbocycles. The van der Waals surface area contributed by atoms with Crippen molar-refractivity contribution in [3.05, 3.63) is 31.6 Å². The van der Waals surface area contributed by atoms with Gasteiger partial charge in [-0.25, -0.2) is 5.31 Å². The van der Waals surface area contributed by atoms with Gasteiger partial charge in [0.1, 0.15) is 0 Å². The van der Waals surface area contributed by atoms with Crippen molar-refractivity contribution in [2.45, 2.75) is 41.5 Å². The van der Waals surface area contributed by atoms with Crippen molar-refractivity contribution in [2.75, 3.05) is 20.0 Å². The molecule has 0 atom stereocenters. The first-order chi connectivity index (χ1) is 12.5. The second-order valence-corrected chi connectivity index (χ2v) is 14.4. The molecule has 0 aromatic rings. The molecule has 0 unspecified atom stereocenters. The molecule has 1 aliphatic rings. The molecule has 0 aliphatic heterocycles. The quantitative estimate of drug-likeness (QED) is 0.117. The predicted molar refractivity (Wildman–Crippen MR) is 110 cm³/mol. The van der Waals surface area contributed by atoms with Gasteiger partial charge in [-0.15, -0.1) is 0 Å². The Morgan fingerprint density at radius 2 is 0.867 bits per heavy atom. The molecule has 11 heteroatoms. The molecule has 1 fully saturated rings. The van der Waals surface area contributed by atoms with Crippen molar-refractivity contribution < 1.29 is 54.9 Å². The zero-order valence-corrected chi connectivity index (χ0v) is 23.5. The SMILES string of the molecule is CC1C(C)C(C)C(C)C1C.F[P-](F)(F)(F)(F)F.[C-]#[O+].[C-]#[O+].[CH2-]C(=[C-]C)[P+](C)(C)C.[Re]. The largest absolute Gasteiger partial charge is 0.491 e. The second kappa shape index (κ2) is 14.4. The molecule has 1 rings (SSSR count). The van der Waals surface area contributed by atoms with E-state index in [4.69, 9.17) is 9.30 Å². The minimum absolute atomic E-state index is 0. The molecule has 1 radical (unpaired) electrons. The molecule has 0 saturated heterocycles. The average molecular weight is 657 g/mol. The van der Waals surface area contributed by atoms with Gasteiger partial charge in [0.15, 0.2) is 0 Å². The van der Waals surface area contributed by atoms with Gasteiger partial charge in [-0.2, -0.15) is 6.92 Å². The molecule has 0 heterocycles. The van der Waals surface area contributed by atoms with Crippen molar-refractivity contribution in [1.29, 1.82) is 0 Å². The summed E-state index contributed by atoms with van der Waals surface area (Å²) in [4.78, 5) is 0. The monoisotopic (exact) mass is 657 g/mol. The molecular weight excluding hydrogens is 622 g/mol. The van der Waals surface area contributed by atoms with E-state index < -0.39 is 15.1 Å².